The third-order valence-corrected chi connectivity index (χ3v) is 6.38. The van der Waals surface area contributed by atoms with Gasteiger partial charge in [0.1, 0.15) is 17.0 Å². The zero-order valence-corrected chi connectivity index (χ0v) is 16.9. The quantitative estimate of drug-likeness (QED) is 0.696. The fourth-order valence-corrected chi connectivity index (χ4v) is 4.90. The lowest BCUT2D eigenvalue weighted by atomic mass is 10.2. The van der Waals surface area contributed by atoms with E-state index in [1.54, 1.807) is 0 Å². The number of ether oxygens (including phenoxy) is 1. The zero-order chi connectivity index (χ0) is 19.3. The van der Waals surface area contributed by atoms with Gasteiger partial charge in [-0.15, -0.1) is 0 Å². The molecule has 0 radical (unpaired) electrons. The van der Waals surface area contributed by atoms with Crippen molar-refractivity contribution < 1.29 is 9.84 Å². The number of aliphatic hydroxyl groups excluding tert-OH is 1. The first kappa shape index (κ1) is 17.8. The van der Waals surface area contributed by atoms with E-state index in [0.717, 1.165) is 58.3 Å². The summed E-state index contributed by atoms with van der Waals surface area (Å²) in [4.78, 5) is 9.58. The Kier molecular flexibility index (Phi) is 4.45. The number of morpholine rings is 1. The number of fused-ring (bicyclic) bond motifs is 1. The van der Waals surface area contributed by atoms with Gasteiger partial charge in [0.15, 0.2) is 0 Å². The van der Waals surface area contributed by atoms with Crippen molar-refractivity contribution in [3.8, 4) is 11.4 Å². The number of hydrogen-bond donors (Lipinski definition) is 2. The number of aromatic amines is 1. The molecule has 28 heavy (non-hydrogen) atoms. The Hall–Kier alpha value is -2.23. The summed E-state index contributed by atoms with van der Waals surface area (Å²) in [6, 6.07) is 4.42. The molecule has 0 unspecified atom stereocenters. The number of H-pyrrole nitrogens is 1. The number of hydrogen-bond acceptors (Lipinski definition) is 8. The molecule has 5 rings (SSSR count). The molecule has 9 heteroatoms. The van der Waals surface area contributed by atoms with Crippen LogP contribution in [0.2, 0.25) is 0 Å². The number of rotatable bonds is 3. The average Bonchev–Trinajstić information content (AvgIpc) is 3.41. The third kappa shape index (κ3) is 3.03. The van der Waals surface area contributed by atoms with Crippen LogP contribution < -0.4 is 9.80 Å². The first-order valence-corrected chi connectivity index (χ1v) is 10.5. The fourth-order valence-electron chi connectivity index (χ4n) is 4.02. The molecule has 0 bridgehead atoms. The predicted molar refractivity (Wildman–Crippen MR) is 110 cm³/mol. The maximum Gasteiger partial charge on any atom is 0.131 e. The Morgan fingerprint density at radius 3 is 2.93 bits per heavy atom. The third-order valence-electron chi connectivity index (χ3n) is 5.52. The van der Waals surface area contributed by atoms with Gasteiger partial charge in [-0.2, -0.15) is 9.47 Å². The van der Waals surface area contributed by atoms with Crippen molar-refractivity contribution in [3.63, 3.8) is 0 Å². The van der Waals surface area contributed by atoms with Gasteiger partial charge < -0.3 is 19.6 Å². The second-order valence-electron chi connectivity index (χ2n) is 7.64. The van der Waals surface area contributed by atoms with Crippen molar-refractivity contribution >= 4 is 33.3 Å². The highest BCUT2D eigenvalue weighted by Crippen LogP contribution is 2.39. The highest BCUT2D eigenvalue weighted by Gasteiger charge is 2.28. The van der Waals surface area contributed by atoms with Gasteiger partial charge in [-0.3, -0.25) is 5.10 Å². The van der Waals surface area contributed by atoms with Crippen LogP contribution in [0.25, 0.3) is 21.6 Å². The number of aromatic nitrogens is 4. The van der Waals surface area contributed by atoms with Crippen LogP contribution in [0.4, 0.5) is 11.5 Å². The molecule has 2 fully saturated rings. The summed E-state index contributed by atoms with van der Waals surface area (Å²) in [5, 5.41) is 17.4. The molecule has 0 aromatic carbocycles. The second-order valence-corrected chi connectivity index (χ2v) is 8.41. The molecular weight excluding hydrogens is 376 g/mol. The fraction of sp³-hybridized carbons (Fsp3) is 0.526. The largest absolute Gasteiger partial charge is 0.391 e. The molecule has 0 saturated carbocycles. The van der Waals surface area contributed by atoms with E-state index >= 15 is 0 Å². The molecule has 5 heterocycles. The minimum absolute atomic E-state index is 0.264. The van der Waals surface area contributed by atoms with Crippen LogP contribution in [0.5, 0.6) is 0 Å². The van der Waals surface area contributed by atoms with Gasteiger partial charge in [-0.25, -0.2) is 4.98 Å². The van der Waals surface area contributed by atoms with Crippen LogP contribution in [-0.4, -0.2) is 69.7 Å². The summed E-state index contributed by atoms with van der Waals surface area (Å²) in [5.41, 5.74) is 4.65. The van der Waals surface area contributed by atoms with Gasteiger partial charge in [-0.1, -0.05) is 0 Å². The first-order valence-electron chi connectivity index (χ1n) is 9.70. The van der Waals surface area contributed by atoms with E-state index in [1.807, 2.05) is 13.0 Å². The van der Waals surface area contributed by atoms with Crippen LogP contribution in [0, 0.1) is 6.92 Å². The van der Waals surface area contributed by atoms with Crippen LogP contribution in [0.3, 0.4) is 0 Å². The number of β-amino-alcohol motifs (C(OH)–C–C–N with tert-alkyl or cyclic N) is 1. The molecule has 2 atom stereocenters. The van der Waals surface area contributed by atoms with Crippen molar-refractivity contribution in [2.24, 2.45) is 0 Å². The lowest BCUT2D eigenvalue weighted by Gasteiger charge is -2.35. The maximum atomic E-state index is 10.1. The number of aryl methyl sites for hydroxylation is 1. The molecule has 2 aliphatic heterocycles. The molecule has 0 aliphatic carbocycles. The monoisotopic (exact) mass is 400 g/mol. The molecule has 2 aliphatic rings. The number of nitrogens with one attached hydrogen (secondary N) is 1. The Labute approximate surface area is 167 Å². The normalized spacial score (nSPS) is 23.1. The van der Waals surface area contributed by atoms with E-state index < -0.39 is 0 Å². The lowest BCUT2D eigenvalue weighted by Crippen LogP contribution is -2.44. The molecule has 148 valence electrons. The topological polar surface area (TPSA) is 90.4 Å². The Morgan fingerprint density at radius 1 is 1.32 bits per heavy atom. The van der Waals surface area contributed by atoms with Crippen LogP contribution in [0.15, 0.2) is 12.1 Å². The summed E-state index contributed by atoms with van der Waals surface area (Å²) in [7, 11) is 0. The van der Waals surface area contributed by atoms with Crippen molar-refractivity contribution in [1.82, 2.24) is 19.6 Å². The van der Waals surface area contributed by atoms with Crippen molar-refractivity contribution in [2.75, 3.05) is 42.6 Å². The van der Waals surface area contributed by atoms with Gasteiger partial charge in [0, 0.05) is 25.7 Å². The van der Waals surface area contributed by atoms with Gasteiger partial charge in [0.25, 0.3) is 0 Å². The minimum Gasteiger partial charge on any atom is -0.391 e. The standard InChI is InChI=1S/C19H24N6O2S/c1-11-7-14(22-21-11)17-18-19(28-23-17)15(24-4-3-13(26)9-24)8-16(20-18)25-5-6-27-10-12(25)2/h7-8,12-13,26H,3-6,9-10H2,1-2H3,(H,21,22)/t12-,13-/m1/s1. The molecule has 3 aromatic heterocycles. The number of pyridine rings is 1. The lowest BCUT2D eigenvalue weighted by molar-refractivity contribution is 0.0986. The van der Waals surface area contributed by atoms with E-state index in [-0.39, 0.29) is 12.1 Å². The van der Waals surface area contributed by atoms with E-state index in [9.17, 15) is 5.11 Å². The first-order chi connectivity index (χ1) is 13.6. The Balaban J connectivity index is 1.67. The van der Waals surface area contributed by atoms with Crippen LogP contribution >= 0.6 is 11.5 Å². The summed E-state index contributed by atoms with van der Waals surface area (Å²) < 4.78 is 11.4. The molecule has 3 aromatic rings. The molecule has 8 nitrogen and oxygen atoms in total. The second kappa shape index (κ2) is 6.98. The Bertz CT molecular complexity index is 1000. The SMILES string of the molecule is Cc1cc(-c2nsc3c(N4CC[C@@H](O)C4)cc(N4CCOC[C@H]4C)nc23)[nH]n1. The zero-order valence-electron chi connectivity index (χ0n) is 16.1. The van der Waals surface area contributed by atoms with E-state index in [2.05, 4.69) is 33.0 Å². The maximum absolute atomic E-state index is 10.1. The summed E-state index contributed by atoms with van der Waals surface area (Å²) in [5.74, 6) is 0.942. The summed E-state index contributed by atoms with van der Waals surface area (Å²) in [6.07, 6.45) is 0.509. The highest BCUT2D eigenvalue weighted by atomic mass is 32.1. The van der Waals surface area contributed by atoms with Gasteiger partial charge in [0.2, 0.25) is 0 Å². The molecule has 0 spiro atoms. The van der Waals surface area contributed by atoms with E-state index in [0.29, 0.717) is 19.8 Å². The number of anilines is 2. The molecular formula is C19H24N6O2S. The number of aliphatic hydroxyl groups is 1. The predicted octanol–water partition coefficient (Wildman–Crippen LogP) is 2.19. The summed E-state index contributed by atoms with van der Waals surface area (Å²) >= 11 is 1.46. The van der Waals surface area contributed by atoms with Crippen molar-refractivity contribution in [3.05, 3.63) is 17.8 Å². The molecule has 2 saturated heterocycles. The summed E-state index contributed by atoms with van der Waals surface area (Å²) in [6.45, 7) is 7.83. The van der Waals surface area contributed by atoms with Gasteiger partial charge >= 0.3 is 0 Å². The van der Waals surface area contributed by atoms with Gasteiger partial charge in [-0.05, 0) is 37.9 Å². The Morgan fingerprint density at radius 2 is 2.21 bits per heavy atom. The van der Waals surface area contributed by atoms with Crippen molar-refractivity contribution in [2.45, 2.75) is 32.4 Å². The van der Waals surface area contributed by atoms with Gasteiger partial charge in [0.05, 0.1) is 47.1 Å². The smallest absolute Gasteiger partial charge is 0.131 e. The van der Waals surface area contributed by atoms with E-state index in [4.69, 9.17) is 14.1 Å². The highest BCUT2D eigenvalue weighted by molar-refractivity contribution is 7.14. The van der Waals surface area contributed by atoms with Crippen LogP contribution in [-0.2, 0) is 4.74 Å². The number of nitrogens with zero attached hydrogens (tertiary/aromatic N) is 5. The molecule has 0 amide bonds. The van der Waals surface area contributed by atoms with Crippen LogP contribution in [0.1, 0.15) is 19.0 Å². The van der Waals surface area contributed by atoms with E-state index in [1.165, 1.54) is 11.5 Å². The molecule has 2 N–H and O–H groups in total. The average molecular weight is 401 g/mol. The minimum atomic E-state index is -0.281. The van der Waals surface area contributed by atoms with Crippen molar-refractivity contribution in [1.29, 1.82) is 0 Å².